The van der Waals surface area contributed by atoms with E-state index in [1.165, 1.54) is 0 Å². The number of carbonyl (C=O) groups excluding carboxylic acids is 3. The summed E-state index contributed by atoms with van der Waals surface area (Å²) in [5, 5.41) is 26.8. The minimum atomic E-state index is -5.12. The van der Waals surface area contributed by atoms with E-state index in [4.69, 9.17) is 4.74 Å². The molecule has 1 aromatic heterocycles. The number of carboxylic acid groups (broad SMARTS) is 1. The molecule has 2 aliphatic heterocycles. The average molecular weight is 730 g/mol. The molecule has 3 amide bonds. The van der Waals surface area contributed by atoms with Gasteiger partial charge >= 0.3 is 24.4 Å². The van der Waals surface area contributed by atoms with Gasteiger partial charge in [-0.15, -0.1) is 10.2 Å². The van der Waals surface area contributed by atoms with E-state index >= 15 is 0 Å². The van der Waals surface area contributed by atoms with Gasteiger partial charge in [-0.3, -0.25) is 9.59 Å². The maximum absolute atomic E-state index is 14.2. The Balaban J connectivity index is 1.48. The van der Waals surface area contributed by atoms with Crippen LogP contribution < -0.4 is 10.6 Å². The van der Waals surface area contributed by atoms with Gasteiger partial charge in [-0.1, -0.05) is 25.0 Å². The number of aliphatic carboxylic acids is 1. The number of rotatable bonds is 4. The first-order chi connectivity index (χ1) is 23.7. The minimum absolute atomic E-state index is 0.0355. The number of hydrogen-bond donors (Lipinski definition) is 3. The molecule has 3 aliphatic rings. The molecular weight excluding hydrogens is 692 g/mol. The number of amides is 3. The molecule has 0 spiro atoms. The number of hydrogen-bond acceptors (Lipinski definition) is 8. The zero-order valence-corrected chi connectivity index (χ0v) is 27.8. The van der Waals surface area contributed by atoms with Crippen LogP contribution in [0.3, 0.4) is 0 Å². The van der Waals surface area contributed by atoms with E-state index in [-0.39, 0.29) is 31.9 Å². The number of halogens is 6. The lowest BCUT2D eigenvalue weighted by Crippen LogP contribution is -2.56. The fourth-order valence-electron chi connectivity index (χ4n) is 6.27. The van der Waals surface area contributed by atoms with Crippen LogP contribution in [0.15, 0.2) is 30.4 Å². The number of nitrogens with zero attached hydrogens (tertiary/aromatic N) is 5. The lowest BCUT2D eigenvalue weighted by Gasteiger charge is -2.30. The van der Waals surface area contributed by atoms with E-state index < -0.39 is 93.9 Å². The molecular formula is C32H37F6N7O6. The van der Waals surface area contributed by atoms with Gasteiger partial charge in [0.15, 0.2) is 0 Å². The molecule has 13 nitrogen and oxygen atoms in total. The van der Waals surface area contributed by atoms with Crippen molar-refractivity contribution < 1.29 is 55.4 Å². The van der Waals surface area contributed by atoms with Gasteiger partial charge in [-0.05, 0) is 69.9 Å². The van der Waals surface area contributed by atoms with Crippen molar-refractivity contribution in [1.82, 2.24) is 35.7 Å². The summed E-state index contributed by atoms with van der Waals surface area (Å²) in [5.74, 6) is -3.85. The number of carbonyl (C=O) groups is 4. The number of fused-ring (bicyclic) bond motifs is 2. The Kier molecular flexibility index (Phi) is 10.1. The highest BCUT2D eigenvalue weighted by Gasteiger charge is 2.61. The molecule has 4 unspecified atom stereocenters. The first kappa shape index (κ1) is 37.5. The quantitative estimate of drug-likeness (QED) is 0.293. The molecule has 2 fully saturated rings. The summed E-state index contributed by atoms with van der Waals surface area (Å²) >= 11 is 0. The van der Waals surface area contributed by atoms with Gasteiger partial charge < -0.3 is 25.4 Å². The highest BCUT2D eigenvalue weighted by molar-refractivity contribution is 5.96. The van der Waals surface area contributed by atoms with Crippen molar-refractivity contribution in [1.29, 1.82) is 0 Å². The van der Waals surface area contributed by atoms with Crippen molar-refractivity contribution in [2.75, 3.05) is 6.54 Å². The summed E-state index contributed by atoms with van der Waals surface area (Å²) in [7, 11) is 0. The maximum Gasteiger partial charge on any atom is 0.416 e. The third-order valence-electron chi connectivity index (χ3n) is 8.93. The maximum atomic E-state index is 14.2. The van der Waals surface area contributed by atoms with E-state index in [2.05, 4.69) is 26.0 Å². The highest BCUT2D eigenvalue weighted by Crippen LogP contribution is 2.46. The van der Waals surface area contributed by atoms with E-state index in [9.17, 15) is 50.6 Å². The third-order valence-corrected chi connectivity index (χ3v) is 8.93. The number of nitrogens with one attached hydrogen (secondary N) is 2. The van der Waals surface area contributed by atoms with Crippen LogP contribution >= 0.6 is 0 Å². The molecule has 3 N–H and O–H groups in total. The van der Waals surface area contributed by atoms with Crippen LogP contribution in [-0.2, 0) is 31.5 Å². The summed E-state index contributed by atoms with van der Waals surface area (Å²) in [6, 6.07) is -2.60. The lowest BCUT2D eigenvalue weighted by molar-refractivity contribution is -0.146. The van der Waals surface area contributed by atoms with Crippen molar-refractivity contribution in [2.24, 2.45) is 5.92 Å². The molecule has 1 saturated heterocycles. The minimum Gasteiger partial charge on any atom is -0.479 e. The van der Waals surface area contributed by atoms with Crippen LogP contribution in [0.5, 0.6) is 0 Å². The van der Waals surface area contributed by atoms with E-state index in [1.807, 2.05) is 6.08 Å². The van der Waals surface area contributed by atoms with Crippen molar-refractivity contribution in [3.05, 3.63) is 41.5 Å². The monoisotopic (exact) mass is 729 g/mol. The molecule has 0 bridgehead atoms. The van der Waals surface area contributed by atoms with Crippen molar-refractivity contribution >= 4 is 23.9 Å². The van der Waals surface area contributed by atoms with Gasteiger partial charge in [0, 0.05) is 24.4 Å². The number of benzene rings is 1. The number of alkyl carbamates (subject to hydrolysis) is 1. The number of allylic oxidation sites excluding steroid dienone is 1. The highest BCUT2D eigenvalue weighted by atomic mass is 19.4. The Morgan fingerprint density at radius 3 is 2.29 bits per heavy atom. The van der Waals surface area contributed by atoms with Crippen LogP contribution in [0.4, 0.5) is 31.1 Å². The van der Waals surface area contributed by atoms with Crippen LogP contribution in [0.2, 0.25) is 0 Å². The van der Waals surface area contributed by atoms with Crippen molar-refractivity contribution in [2.45, 2.75) is 107 Å². The first-order valence-electron chi connectivity index (χ1n) is 16.3. The SMILES string of the molecule is CC(C)(C)OC(=O)NC1CCCCC/C=C\C2CC2(C(=O)O)NC(=O)C2C[C@@H](n3nnc(-c4cc(C(F)(F)F)cc(C(F)(F)F)c4)n3)CN2C1=O. The van der Waals surface area contributed by atoms with Gasteiger partial charge in [0.05, 0.1) is 17.2 Å². The zero-order valence-electron chi connectivity index (χ0n) is 27.8. The Morgan fingerprint density at radius 2 is 1.69 bits per heavy atom. The zero-order chi connectivity index (χ0) is 37.5. The van der Waals surface area contributed by atoms with E-state index in [1.54, 1.807) is 26.8 Å². The van der Waals surface area contributed by atoms with Gasteiger partial charge in [0.25, 0.3) is 0 Å². The van der Waals surface area contributed by atoms with Crippen LogP contribution in [0, 0.1) is 5.92 Å². The largest absolute Gasteiger partial charge is 0.479 e. The molecule has 1 aromatic carbocycles. The second kappa shape index (κ2) is 13.8. The predicted octanol–water partition coefficient (Wildman–Crippen LogP) is 4.89. The summed E-state index contributed by atoms with van der Waals surface area (Å²) in [5.41, 5.74) is -6.30. The van der Waals surface area contributed by atoms with E-state index in [0.717, 1.165) is 9.70 Å². The number of carboxylic acids is 1. The Bertz CT molecular complexity index is 1670. The third kappa shape index (κ3) is 8.61. The predicted molar refractivity (Wildman–Crippen MR) is 164 cm³/mol. The standard InChI is InChI=1S/C32H37F6N7O6/c1-29(2,3)51-28(50)39-22-10-8-6-4-5-7-9-18-15-30(18,27(48)49)40-25(46)23-14-21(16-44(23)26(22)47)45-42-24(41-43-45)17-11-19(31(33,34)35)13-20(12-17)32(36,37)38/h7,9,11-13,18,21-23H,4-6,8,10,14-16H2,1-3H3,(H,39,50)(H,40,46)(H,48,49)/b9-7-/t18?,21-,22?,23?,30?/m1/s1. The van der Waals surface area contributed by atoms with Crippen molar-refractivity contribution in [3.63, 3.8) is 0 Å². The van der Waals surface area contributed by atoms with E-state index in [0.29, 0.717) is 37.8 Å². The number of ether oxygens (including phenoxy) is 1. The van der Waals surface area contributed by atoms with Gasteiger partial charge in [0.1, 0.15) is 23.2 Å². The van der Waals surface area contributed by atoms with Gasteiger partial charge in [0.2, 0.25) is 17.6 Å². The smallest absolute Gasteiger partial charge is 0.416 e. The topological polar surface area (TPSA) is 169 Å². The molecule has 278 valence electrons. The molecule has 5 atom stereocenters. The second-order valence-electron chi connectivity index (χ2n) is 14.0. The number of aromatic nitrogens is 4. The average Bonchev–Trinajstić information content (AvgIpc) is 3.33. The van der Waals surface area contributed by atoms with Gasteiger partial charge in [-0.25, -0.2) is 9.59 Å². The Labute approximate surface area is 287 Å². The molecule has 0 radical (unpaired) electrons. The first-order valence-corrected chi connectivity index (χ1v) is 16.3. The van der Waals surface area contributed by atoms with Crippen molar-refractivity contribution in [3.8, 4) is 11.4 Å². The summed E-state index contributed by atoms with van der Waals surface area (Å²) in [4.78, 5) is 55.1. The molecule has 5 rings (SSSR count). The van der Waals surface area contributed by atoms with Crippen LogP contribution in [-0.4, -0.2) is 83.9 Å². The Morgan fingerprint density at radius 1 is 1.02 bits per heavy atom. The number of alkyl halides is 6. The number of tetrazole rings is 1. The molecule has 1 saturated carbocycles. The fourth-order valence-corrected chi connectivity index (χ4v) is 6.27. The summed E-state index contributed by atoms with van der Waals surface area (Å²) in [6.07, 6.45) is -4.96. The summed E-state index contributed by atoms with van der Waals surface area (Å²) < 4.78 is 86.4. The molecule has 3 heterocycles. The molecule has 51 heavy (non-hydrogen) atoms. The fraction of sp³-hybridized carbons (Fsp3) is 0.594. The molecule has 2 aromatic rings. The summed E-state index contributed by atoms with van der Waals surface area (Å²) in [6.45, 7) is 4.61. The van der Waals surface area contributed by atoms with Crippen LogP contribution in [0.1, 0.15) is 82.9 Å². The molecule has 1 aliphatic carbocycles. The normalized spacial score (nSPS) is 27.0. The van der Waals surface area contributed by atoms with Gasteiger partial charge in [-0.2, -0.15) is 31.1 Å². The lowest BCUT2D eigenvalue weighted by atomic mass is 10.0. The van der Waals surface area contributed by atoms with Crippen LogP contribution in [0.25, 0.3) is 11.4 Å². The Hall–Kier alpha value is -4.71. The molecule has 19 heteroatoms. The second-order valence-corrected chi connectivity index (χ2v) is 14.0.